The Balaban J connectivity index is 6.24. The summed E-state index contributed by atoms with van der Waals surface area (Å²) in [4.78, 5) is 52.3. The first-order valence-corrected chi connectivity index (χ1v) is 19.0. The lowest BCUT2D eigenvalue weighted by Gasteiger charge is -2.47. The largest absolute Gasteiger partial charge is 0.481 e. The number of rotatable bonds is 33. The van der Waals surface area contributed by atoms with Gasteiger partial charge in [-0.25, -0.2) is 4.79 Å². The van der Waals surface area contributed by atoms with Gasteiger partial charge in [-0.1, -0.05) is 175 Å². The van der Waals surface area contributed by atoms with E-state index in [0.29, 0.717) is 38.5 Å². The second-order valence-electron chi connectivity index (χ2n) is 13.6. The van der Waals surface area contributed by atoms with E-state index in [1.165, 1.54) is 19.3 Å². The molecule has 0 spiro atoms. The lowest BCUT2D eigenvalue weighted by Crippen LogP contribution is -2.66. The van der Waals surface area contributed by atoms with Crippen LogP contribution in [0.4, 0.5) is 0 Å². The van der Waals surface area contributed by atoms with E-state index in [-0.39, 0.29) is 19.3 Å². The smallest absolute Gasteiger partial charge is 0.350 e. The zero-order valence-electron chi connectivity index (χ0n) is 30.1. The minimum atomic E-state index is -2.71. The molecule has 0 aromatic rings. The maximum atomic E-state index is 13.4. The normalized spacial score (nSPS) is 13.7. The van der Waals surface area contributed by atoms with Crippen molar-refractivity contribution in [3.63, 3.8) is 0 Å². The number of carboxylic acids is 3. The van der Waals surface area contributed by atoms with Crippen molar-refractivity contribution in [1.29, 1.82) is 0 Å². The Bertz CT molecular complexity index is 806. The van der Waals surface area contributed by atoms with Crippen LogP contribution in [0.15, 0.2) is 0 Å². The van der Waals surface area contributed by atoms with Gasteiger partial charge in [0.1, 0.15) is 11.3 Å². The highest BCUT2D eigenvalue weighted by Gasteiger charge is 2.69. The summed E-state index contributed by atoms with van der Waals surface area (Å²) in [5, 5.41) is 32.3. The monoisotopic (exact) mass is 655 g/mol. The zero-order chi connectivity index (χ0) is 34.7. The summed E-state index contributed by atoms with van der Waals surface area (Å²) >= 11 is 0. The van der Waals surface area contributed by atoms with Gasteiger partial charge in [0.15, 0.2) is 0 Å². The van der Waals surface area contributed by atoms with Gasteiger partial charge in [-0.2, -0.15) is 0 Å². The molecule has 0 aromatic heterocycles. The average molecular weight is 655 g/mol. The Kier molecular flexibility index (Phi) is 25.7. The quantitative estimate of drug-likeness (QED) is 0.0469. The van der Waals surface area contributed by atoms with E-state index in [4.69, 9.17) is 4.74 Å². The Hall–Kier alpha value is -2.12. The van der Waals surface area contributed by atoms with Crippen molar-refractivity contribution in [2.75, 3.05) is 0 Å². The van der Waals surface area contributed by atoms with Crippen LogP contribution in [-0.2, 0) is 23.9 Å². The molecule has 8 nitrogen and oxygen atoms in total. The third-order valence-electron chi connectivity index (χ3n) is 9.79. The van der Waals surface area contributed by atoms with Gasteiger partial charge < -0.3 is 20.1 Å². The van der Waals surface area contributed by atoms with E-state index < -0.39 is 40.8 Å². The van der Waals surface area contributed by atoms with Crippen LogP contribution in [0.25, 0.3) is 0 Å². The molecule has 0 radical (unpaired) electrons. The summed E-state index contributed by atoms with van der Waals surface area (Å²) in [5.74, 6) is -7.13. The predicted octanol–water partition coefficient (Wildman–Crippen LogP) is 10.7. The SMILES string of the molecule is CCCCCCCCCCC(C(=O)O)C(OC(C)=O)(C(=O)O)C(CCCCCCCCCC)(CCCCCCCCCC)C(=O)O. The lowest BCUT2D eigenvalue weighted by atomic mass is 9.59. The second kappa shape index (κ2) is 26.9. The van der Waals surface area contributed by atoms with Gasteiger partial charge >= 0.3 is 23.9 Å². The van der Waals surface area contributed by atoms with Crippen LogP contribution >= 0.6 is 0 Å². The lowest BCUT2D eigenvalue weighted by molar-refractivity contribution is -0.220. The minimum Gasteiger partial charge on any atom is -0.481 e. The van der Waals surface area contributed by atoms with E-state index in [1.807, 2.05) is 0 Å². The Morgan fingerprint density at radius 3 is 1.11 bits per heavy atom. The molecule has 270 valence electrons. The number of carbonyl (C=O) groups excluding carboxylic acids is 1. The minimum absolute atomic E-state index is 0.0470. The summed E-state index contributed by atoms with van der Waals surface area (Å²) < 4.78 is 5.62. The number of carboxylic acid groups (broad SMARTS) is 3. The molecule has 8 heteroatoms. The van der Waals surface area contributed by atoms with Crippen LogP contribution in [-0.4, -0.2) is 44.8 Å². The molecule has 0 rings (SSSR count). The van der Waals surface area contributed by atoms with Gasteiger partial charge in [0.25, 0.3) is 0 Å². The fourth-order valence-corrected chi connectivity index (χ4v) is 7.10. The predicted molar refractivity (Wildman–Crippen MR) is 185 cm³/mol. The fourth-order valence-electron chi connectivity index (χ4n) is 7.10. The van der Waals surface area contributed by atoms with Crippen molar-refractivity contribution in [3.05, 3.63) is 0 Å². The molecule has 0 aliphatic heterocycles. The summed E-state index contributed by atoms with van der Waals surface area (Å²) in [6.07, 6.45) is 22.7. The zero-order valence-corrected chi connectivity index (χ0v) is 30.1. The summed E-state index contributed by atoms with van der Waals surface area (Å²) in [6.45, 7) is 7.53. The number of esters is 1. The topological polar surface area (TPSA) is 138 Å². The number of hydrogen-bond acceptors (Lipinski definition) is 5. The molecule has 0 bridgehead atoms. The molecular weight excluding hydrogens is 584 g/mol. The van der Waals surface area contributed by atoms with Crippen molar-refractivity contribution < 1.29 is 39.2 Å². The molecule has 2 unspecified atom stereocenters. The van der Waals surface area contributed by atoms with Crippen molar-refractivity contribution in [2.45, 2.75) is 207 Å². The van der Waals surface area contributed by atoms with E-state index in [2.05, 4.69) is 20.8 Å². The number of carbonyl (C=O) groups is 4. The third-order valence-corrected chi connectivity index (χ3v) is 9.79. The molecule has 0 aromatic carbocycles. The molecule has 0 aliphatic rings. The van der Waals surface area contributed by atoms with Gasteiger partial charge in [-0.3, -0.25) is 14.4 Å². The summed E-state index contributed by atoms with van der Waals surface area (Å²) in [5.41, 5.74) is -4.77. The van der Waals surface area contributed by atoms with Crippen LogP contribution in [0.2, 0.25) is 0 Å². The average Bonchev–Trinajstić information content (AvgIpc) is 3.00. The van der Waals surface area contributed by atoms with Gasteiger partial charge in [-0.05, 0) is 19.3 Å². The summed E-state index contributed by atoms with van der Waals surface area (Å²) in [7, 11) is 0. The molecule has 46 heavy (non-hydrogen) atoms. The number of aliphatic carboxylic acids is 3. The molecular formula is C38H70O8. The van der Waals surface area contributed by atoms with E-state index >= 15 is 0 Å². The van der Waals surface area contributed by atoms with E-state index in [1.54, 1.807) is 0 Å². The van der Waals surface area contributed by atoms with E-state index in [9.17, 15) is 34.5 Å². The molecule has 2 atom stereocenters. The molecule has 0 fully saturated rings. The maximum absolute atomic E-state index is 13.4. The Morgan fingerprint density at radius 2 is 0.826 bits per heavy atom. The standard InChI is InChI=1S/C38H70O8/c1-5-8-11-14-17-20-23-26-29-33(34(40)41)38(36(44)45,46-32(4)39)37(35(42)43,30-27-24-21-18-15-12-9-6-2)31-28-25-22-19-16-13-10-7-3/h33H,5-31H2,1-4H3,(H,40,41)(H,42,43)(H,44,45). The van der Waals surface area contributed by atoms with Gasteiger partial charge in [0, 0.05) is 6.92 Å². The number of unbranched alkanes of at least 4 members (excludes halogenated alkanes) is 21. The van der Waals surface area contributed by atoms with Crippen molar-refractivity contribution in [2.24, 2.45) is 11.3 Å². The maximum Gasteiger partial charge on any atom is 0.350 e. The second-order valence-corrected chi connectivity index (χ2v) is 13.6. The number of hydrogen-bond donors (Lipinski definition) is 3. The first kappa shape index (κ1) is 43.9. The van der Waals surface area contributed by atoms with Gasteiger partial charge in [0.05, 0.1) is 0 Å². The Morgan fingerprint density at radius 1 is 0.500 bits per heavy atom. The molecule has 0 aliphatic carbocycles. The molecule has 0 saturated carbocycles. The Labute approximate surface area is 280 Å². The third kappa shape index (κ3) is 16.1. The van der Waals surface area contributed by atoms with Crippen LogP contribution < -0.4 is 0 Å². The number of ether oxygens (including phenoxy) is 1. The fraction of sp³-hybridized carbons (Fsp3) is 0.895. The highest BCUT2D eigenvalue weighted by molar-refractivity contribution is 5.95. The van der Waals surface area contributed by atoms with Crippen molar-refractivity contribution >= 4 is 23.9 Å². The van der Waals surface area contributed by atoms with Crippen LogP contribution in [0.1, 0.15) is 201 Å². The highest BCUT2D eigenvalue weighted by Crippen LogP contribution is 2.50. The van der Waals surface area contributed by atoms with Crippen LogP contribution in [0.5, 0.6) is 0 Å². The molecule has 3 N–H and O–H groups in total. The summed E-state index contributed by atoms with van der Waals surface area (Å²) in [6, 6.07) is 0. The molecule has 0 saturated heterocycles. The van der Waals surface area contributed by atoms with Crippen molar-refractivity contribution in [3.8, 4) is 0 Å². The van der Waals surface area contributed by atoms with Crippen LogP contribution in [0, 0.1) is 11.3 Å². The molecule has 0 amide bonds. The highest BCUT2D eigenvalue weighted by atomic mass is 16.6. The van der Waals surface area contributed by atoms with E-state index in [0.717, 1.165) is 103 Å². The molecule has 0 heterocycles. The first-order chi connectivity index (χ1) is 22.1. The first-order valence-electron chi connectivity index (χ1n) is 19.0. The van der Waals surface area contributed by atoms with Gasteiger partial charge in [-0.15, -0.1) is 0 Å². The van der Waals surface area contributed by atoms with Gasteiger partial charge in [0.2, 0.25) is 5.60 Å². The van der Waals surface area contributed by atoms with Crippen molar-refractivity contribution in [1.82, 2.24) is 0 Å². The van der Waals surface area contributed by atoms with Crippen LogP contribution in [0.3, 0.4) is 0 Å².